The van der Waals surface area contributed by atoms with Crippen LogP contribution < -0.4 is 21.3 Å². The van der Waals surface area contributed by atoms with E-state index in [1.807, 2.05) is 24.3 Å². The Balaban J connectivity index is 1.30. The molecule has 0 unspecified atom stereocenters. The minimum Gasteiger partial charge on any atom is -0.399 e. The van der Waals surface area contributed by atoms with E-state index in [-0.39, 0.29) is 17.8 Å². The van der Waals surface area contributed by atoms with Crippen molar-refractivity contribution in [3.8, 4) is 0 Å². The van der Waals surface area contributed by atoms with Crippen molar-refractivity contribution in [3.63, 3.8) is 0 Å². The Morgan fingerprint density at radius 1 is 1.03 bits per heavy atom. The van der Waals surface area contributed by atoms with Crippen LogP contribution in [0.15, 0.2) is 72.9 Å². The van der Waals surface area contributed by atoms with Crippen LogP contribution in [-0.2, 0) is 4.79 Å². The quantitative estimate of drug-likeness (QED) is 0.265. The molecule has 3 aromatic carbocycles. The van der Waals surface area contributed by atoms with Crippen molar-refractivity contribution in [1.29, 1.82) is 0 Å². The second kappa shape index (κ2) is 9.03. The molecule has 34 heavy (non-hydrogen) atoms. The van der Waals surface area contributed by atoms with Crippen LogP contribution in [0.2, 0.25) is 0 Å². The molecule has 3 aromatic rings. The number of nitrogens with two attached hydrogens (primary N) is 1. The van der Waals surface area contributed by atoms with Gasteiger partial charge in [-0.05, 0) is 55.3 Å². The van der Waals surface area contributed by atoms with Crippen molar-refractivity contribution in [2.75, 3.05) is 34.4 Å². The van der Waals surface area contributed by atoms with Crippen molar-refractivity contribution >= 4 is 40.0 Å². The van der Waals surface area contributed by atoms with Crippen LogP contribution >= 0.6 is 0 Å². The number of anilines is 4. The second-order valence-corrected chi connectivity index (χ2v) is 8.64. The van der Waals surface area contributed by atoms with E-state index in [0.717, 1.165) is 42.9 Å². The summed E-state index contributed by atoms with van der Waals surface area (Å²) in [5.41, 5.74) is 11.2. The minimum absolute atomic E-state index is 0.150. The molecule has 0 saturated carbocycles. The summed E-state index contributed by atoms with van der Waals surface area (Å²) in [4.78, 5) is 27.7. The van der Waals surface area contributed by atoms with E-state index in [4.69, 9.17) is 5.73 Å². The molecule has 0 aliphatic carbocycles. The highest BCUT2D eigenvalue weighted by Crippen LogP contribution is 2.33. The van der Waals surface area contributed by atoms with Gasteiger partial charge < -0.3 is 26.4 Å². The lowest BCUT2D eigenvalue weighted by Gasteiger charge is -2.31. The molecule has 0 spiro atoms. The van der Waals surface area contributed by atoms with Gasteiger partial charge in [0, 0.05) is 58.7 Å². The summed E-state index contributed by atoms with van der Waals surface area (Å²) in [7, 11) is 0. The molecule has 0 bridgehead atoms. The molecule has 5 N–H and O–H groups in total. The lowest BCUT2D eigenvalue weighted by molar-refractivity contribution is -0.110. The molecule has 172 valence electrons. The summed E-state index contributed by atoms with van der Waals surface area (Å²) in [5, 5.41) is 15.7. The normalized spacial score (nSPS) is 16.9. The van der Waals surface area contributed by atoms with E-state index in [9.17, 15) is 14.7 Å². The Labute approximate surface area is 197 Å². The first kappa shape index (κ1) is 21.7. The average molecular weight is 455 g/mol. The van der Waals surface area contributed by atoms with Gasteiger partial charge in [-0.15, -0.1) is 0 Å². The number of carbonyl (C=O) groups is 2. The molecule has 5 rings (SSSR count). The number of nitrogens with one attached hydrogen (secondary N) is 2. The zero-order chi connectivity index (χ0) is 23.7. The van der Waals surface area contributed by atoms with Crippen LogP contribution in [0.4, 0.5) is 22.7 Å². The number of piperidine rings is 1. The van der Waals surface area contributed by atoms with Crippen LogP contribution in [-0.4, -0.2) is 36.0 Å². The number of carbonyl (C=O) groups excluding carboxylic acids is 2. The van der Waals surface area contributed by atoms with Crippen LogP contribution in [0, 0.1) is 0 Å². The van der Waals surface area contributed by atoms with Gasteiger partial charge in [0.1, 0.15) is 0 Å². The fourth-order valence-electron chi connectivity index (χ4n) is 4.37. The lowest BCUT2D eigenvalue weighted by atomic mass is 9.99. The van der Waals surface area contributed by atoms with Crippen LogP contribution in [0.3, 0.4) is 0 Å². The summed E-state index contributed by atoms with van der Waals surface area (Å²) in [5.74, 6) is -0.372. The third kappa shape index (κ3) is 4.38. The monoisotopic (exact) mass is 454 g/mol. The highest BCUT2D eigenvalue weighted by molar-refractivity contribution is 6.32. The van der Waals surface area contributed by atoms with Gasteiger partial charge in [0.15, 0.2) is 5.78 Å². The standard InChI is InChI=1S/C27H26N4O3/c28-19-3-1-2-17(14-19)26(33)18-4-9-23-24(27(34)30-25(23)15-18)16-29-20-5-7-21(8-6-20)31-12-10-22(32)11-13-31/h1-9,14-16,22,29,32H,10-13,28H2,(H,30,34). The van der Waals surface area contributed by atoms with E-state index in [0.29, 0.717) is 28.1 Å². The first-order chi connectivity index (χ1) is 16.5. The van der Waals surface area contributed by atoms with E-state index < -0.39 is 0 Å². The number of benzene rings is 3. The summed E-state index contributed by atoms with van der Waals surface area (Å²) >= 11 is 0. The van der Waals surface area contributed by atoms with Gasteiger partial charge in [0.05, 0.1) is 11.7 Å². The fourth-order valence-corrected chi connectivity index (χ4v) is 4.37. The lowest BCUT2D eigenvalue weighted by Crippen LogP contribution is -2.35. The molecule has 0 radical (unpaired) electrons. The maximum absolute atomic E-state index is 12.8. The van der Waals surface area contributed by atoms with Crippen LogP contribution in [0.5, 0.6) is 0 Å². The van der Waals surface area contributed by atoms with Gasteiger partial charge in [-0.1, -0.05) is 24.3 Å². The Morgan fingerprint density at radius 2 is 1.76 bits per heavy atom. The van der Waals surface area contributed by atoms with Gasteiger partial charge in [0.25, 0.3) is 5.91 Å². The van der Waals surface area contributed by atoms with Gasteiger partial charge >= 0.3 is 0 Å². The Kier molecular flexibility index (Phi) is 5.77. The van der Waals surface area contributed by atoms with E-state index in [2.05, 4.69) is 15.5 Å². The zero-order valence-electron chi connectivity index (χ0n) is 18.6. The molecule has 1 saturated heterocycles. The van der Waals surface area contributed by atoms with Gasteiger partial charge in [0.2, 0.25) is 0 Å². The third-order valence-corrected chi connectivity index (χ3v) is 6.29. The van der Waals surface area contributed by atoms with Crippen molar-refractivity contribution < 1.29 is 14.7 Å². The Hall–Kier alpha value is -4.10. The predicted octanol–water partition coefficient (Wildman–Crippen LogP) is 3.87. The highest BCUT2D eigenvalue weighted by atomic mass is 16.3. The Morgan fingerprint density at radius 3 is 2.50 bits per heavy atom. The predicted molar refractivity (Wildman–Crippen MR) is 135 cm³/mol. The molecule has 0 atom stereocenters. The summed E-state index contributed by atoms with van der Waals surface area (Å²) in [6.45, 7) is 1.69. The molecule has 1 amide bonds. The highest BCUT2D eigenvalue weighted by Gasteiger charge is 2.25. The summed E-state index contributed by atoms with van der Waals surface area (Å²) in [6, 6.07) is 20.1. The van der Waals surface area contributed by atoms with Crippen LogP contribution in [0.1, 0.15) is 34.3 Å². The molecule has 2 aliphatic heterocycles. The number of nitrogens with zero attached hydrogens (tertiary/aromatic N) is 1. The average Bonchev–Trinajstić information content (AvgIpc) is 3.17. The number of hydrogen-bond acceptors (Lipinski definition) is 6. The maximum atomic E-state index is 12.8. The van der Waals surface area contributed by atoms with Crippen molar-refractivity contribution in [2.24, 2.45) is 0 Å². The number of fused-ring (bicyclic) bond motifs is 1. The van der Waals surface area contributed by atoms with Gasteiger partial charge in [-0.3, -0.25) is 9.59 Å². The second-order valence-electron chi connectivity index (χ2n) is 8.64. The molecular formula is C27H26N4O3. The maximum Gasteiger partial charge on any atom is 0.257 e. The molecule has 7 nitrogen and oxygen atoms in total. The van der Waals surface area contributed by atoms with Crippen LogP contribution in [0.25, 0.3) is 5.57 Å². The molecular weight excluding hydrogens is 428 g/mol. The number of aliphatic hydroxyl groups is 1. The van der Waals surface area contributed by atoms with Crippen molar-refractivity contribution in [1.82, 2.24) is 0 Å². The molecule has 2 aliphatic rings. The third-order valence-electron chi connectivity index (χ3n) is 6.29. The number of amides is 1. The van der Waals surface area contributed by atoms with Gasteiger partial charge in [-0.2, -0.15) is 0 Å². The van der Waals surface area contributed by atoms with E-state index >= 15 is 0 Å². The number of nitrogen functional groups attached to an aromatic ring is 1. The number of hydrogen-bond donors (Lipinski definition) is 4. The molecule has 1 fully saturated rings. The first-order valence-electron chi connectivity index (χ1n) is 11.3. The molecule has 7 heteroatoms. The van der Waals surface area contributed by atoms with Crippen molar-refractivity contribution in [2.45, 2.75) is 18.9 Å². The zero-order valence-corrected chi connectivity index (χ0v) is 18.6. The minimum atomic E-state index is -0.223. The smallest absolute Gasteiger partial charge is 0.257 e. The number of aliphatic hydroxyl groups excluding tert-OH is 1. The number of rotatable bonds is 5. The topological polar surface area (TPSA) is 108 Å². The fraction of sp³-hybridized carbons (Fsp3) is 0.185. The first-order valence-corrected chi connectivity index (χ1v) is 11.3. The van der Waals surface area contributed by atoms with Crippen molar-refractivity contribution in [3.05, 3.63) is 89.6 Å². The number of ketones is 1. The van der Waals surface area contributed by atoms with E-state index in [1.54, 1.807) is 48.7 Å². The SMILES string of the molecule is Nc1cccc(C(=O)c2ccc3c(c2)NC(=O)C3=CNc2ccc(N3CCC(O)CC3)cc2)c1. The summed E-state index contributed by atoms with van der Waals surface area (Å²) in [6.07, 6.45) is 3.06. The molecule has 2 heterocycles. The van der Waals surface area contributed by atoms with E-state index in [1.165, 1.54) is 0 Å². The van der Waals surface area contributed by atoms with Gasteiger partial charge in [-0.25, -0.2) is 0 Å². The molecule has 0 aromatic heterocycles. The largest absolute Gasteiger partial charge is 0.399 e. The summed E-state index contributed by atoms with van der Waals surface area (Å²) < 4.78 is 0. The Bertz CT molecular complexity index is 1280.